The molecule has 7 nitrogen and oxygen atoms in total. The minimum Gasteiger partial charge on any atom is -0.374 e. The van der Waals surface area contributed by atoms with Gasteiger partial charge in [0.05, 0.1) is 37.7 Å². The number of imidazole rings is 1. The lowest BCUT2D eigenvalue weighted by Crippen LogP contribution is -2.46. The Bertz CT molecular complexity index is 794. The zero-order valence-electron chi connectivity index (χ0n) is 19.2. The van der Waals surface area contributed by atoms with E-state index in [2.05, 4.69) is 58.0 Å². The number of nitrogens with one attached hydrogen (secondary N) is 2. The highest BCUT2D eigenvalue weighted by molar-refractivity contribution is 14.0. The molecule has 3 rings (SSSR count). The molecule has 2 N–H and O–H groups in total. The summed E-state index contributed by atoms with van der Waals surface area (Å²) in [6.07, 6.45) is 2.04. The number of morpholine rings is 1. The Morgan fingerprint density at radius 2 is 2.13 bits per heavy atom. The van der Waals surface area contributed by atoms with E-state index in [1.54, 1.807) is 0 Å². The average molecular weight is 540 g/mol. The Morgan fingerprint density at radius 3 is 2.84 bits per heavy atom. The molecule has 0 bridgehead atoms. The summed E-state index contributed by atoms with van der Waals surface area (Å²) in [7, 11) is 2.04. The highest BCUT2D eigenvalue weighted by Crippen LogP contribution is 2.16. The van der Waals surface area contributed by atoms with Gasteiger partial charge in [-0.05, 0) is 18.4 Å². The van der Waals surface area contributed by atoms with Crippen molar-refractivity contribution in [1.29, 1.82) is 0 Å². The first-order valence-electron chi connectivity index (χ1n) is 11.0. The minimum absolute atomic E-state index is 0. The number of aromatic amines is 1. The zero-order chi connectivity index (χ0) is 21.3. The first-order valence-corrected chi connectivity index (χ1v) is 11.0. The van der Waals surface area contributed by atoms with Crippen LogP contribution in [0.4, 0.5) is 0 Å². The van der Waals surface area contributed by atoms with Crippen molar-refractivity contribution in [2.45, 2.75) is 33.4 Å². The first-order chi connectivity index (χ1) is 14.5. The number of aliphatic imine (C=N–C) groups is 1. The molecule has 1 saturated heterocycles. The van der Waals surface area contributed by atoms with Crippen LogP contribution in [0.1, 0.15) is 26.6 Å². The van der Waals surface area contributed by atoms with Crippen LogP contribution in [0.5, 0.6) is 0 Å². The van der Waals surface area contributed by atoms with Crippen LogP contribution in [-0.2, 0) is 11.3 Å². The van der Waals surface area contributed by atoms with Gasteiger partial charge in [-0.2, -0.15) is 0 Å². The third-order valence-electron chi connectivity index (χ3n) is 5.09. The van der Waals surface area contributed by atoms with Crippen LogP contribution < -0.4 is 5.32 Å². The third kappa shape index (κ3) is 8.08. The summed E-state index contributed by atoms with van der Waals surface area (Å²) in [6, 6.07) is 10.3. The normalized spacial score (nSPS) is 17.5. The molecule has 172 valence electrons. The van der Waals surface area contributed by atoms with Gasteiger partial charge < -0.3 is 19.9 Å². The van der Waals surface area contributed by atoms with E-state index in [-0.39, 0.29) is 30.1 Å². The molecule has 2 aromatic rings. The third-order valence-corrected chi connectivity index (χ3v) is 5.09. The maximum absolute atomic E-state index is 5.96. The van der Waals surface area contributed by atoms with E-state index in [1.165, 1.54) is 0 Å². The summed E-state index contributed by atoms with van der Waals surface area (Å²) >= 11 is 0. The molecule has 0 amide bonds. The van der Waals surface area contributed by atoms with E-state index in [0.29, 0.717) is 19.0 Å². The van der Waals surface area contributed by atoms with Gasteiger partial charge in [0.15, 0.2) is 5.96 Å². The second kappa shape index (κ2) is 13.0. The van der Waals surface area contributed by atoms with Gasteiger partial charge in [-0.15, -0.1) is 24.0 Å². The highest BCUT2D eigenvalue weighted by atomic mass is 127. The number of ether oxygens (including phenoxy) is 1. The van der Waals surface area contributed by atoms with Crippen LogP contribution in [0, 0.1) is 5.92 Å². The molecule has 1 unspecified atom stereocenters. The predicted octanol–water partition coefficient (Wildman–Crippen LogP) is 3.45. The number of benzene rings is 1. The van der Waals surface area contributed by atoms with Gasteiger partial charge >= 0.3 is 0 Å². The van der Waals surface area contributed by atoms with Crippen molar-refractivity contribution in [1.82, 2.24) is 25.1 Å². The molecule has 8 heteroatoms. The van der Waals surface area contributed by atoms with E-state index < -0.39 is 0 Å². The first kappa shape index (κ1) is 25.6. The molecule has 0 radical (unpaired) electrons. The van der Waals surface area contributed by atoms with E-state index in [9.17, 15) is 0 Å². The van der Waals surface area contributed by atoms with Crippen molar-refractivity contribution in [3.05, 3.63) is 42.4 Å². The van der Waals surface area contributed by atoms with Crippen LogP contribution in [-0.4, -0.2) is 78.2 Å². The molecule has 1 aliphatic heterocycles. The van der Waals surface area contributed by atoms with E-state index >= 15 is 0 Å². The molecule has 2 heterocycles. The van der Waals surface area contributed by atoms with Crippen molar-refractivity contribution < 1.29 is 4.74 Å². The molecular weight excluding hydrogens is 503 g/mol. The Hall–Kier alpha value is -1.65. The Kier molecular flexibility index (Phi) is 10.8. The zero-order valence-corrected chi connectivity index (χ0v) is 21.5. The summed E-state index contributed by atoms with van der Waals surface area (Å²) < 4.78 is 5.96. The number of H-pyrrole nitrogens is 1. The van der Waals surface area contributed by atoms with Crippen molar-refractivity contribution in [3.63, 3.8) is 0 Å². The molecule has 31 heavy (non-hydrogen) atoms. The molecule has 1 fully saturated rings. The van der Waals surface area contributed by atoms with E-state index in [4.69, 9.17) is 9.73 Å². The summed E-state index contributed by atoms with van der Waals surface area (Å²) in [5.74, 6) is 2.46. The van der Waals surface area contributed by atoms with Crippen molar-refractivity contribution >= 4 is 29.9 Å². The smallest absolute Gasteiger partial charge is 0.194 e. The lowest BCUT2D eigenvalue weighted by Gasteiger charge is -2.33. The minimum atomic E-state index is 0. The van der Waals surface area contributed by atoms with Crippen LogP contribution in [0.2, 0.25) is 0 Å². The van der Waals surface area contributed by atoms with Gasteiger partial charge in [0.2, 0.25) is 0 Å². The summed E-state index contributed by atoms with van der Waals surface area (Å²) in [5, 5.41) is 3.39. The summed E-state index contributed by atoms with van der Waals surface area (Å²) in [6.45, 7) is 12.6. The molecule has 1 aliphatic rings. The number of aromatic nitrogens is 2. The number of hydrogen-bond acceptors (Lipinski definition) is 4. The molecule has 1 aromatic heterocycles. The maximum atomic E-state index is 5.96. The van der Waals surface area contributed by atoms with Gasteiger partial charge in [0.1, 0.15) is 5.82 Å². The summed E-state index contributed by atoms with van der Waals surface area (Å²) in [4.78, 5) is 17.4. The van der Waals surface area contributed by atoms with Crippen molar-refractivity contribution in [2.75, 3.05) is 46.4 Å². The van der Waals surface area contributed by atoms with Gasteiger partial charge in [-0.1, -0.05) is 44.2 Å². The number of rotatable bonds is 8. The summed E-state index contributed by atoms with van der Waals surface area (Å²) in [5.41, 5.74) is 2.17. The van der Waals surface area contributed by atoms with Crippen LogP contribution in [0.15, 0.2) is 41.5 Å². The molecule has 1 aromatic carbocycles. The molecule has 0 spiro atoms. The van der Waals surface area contributed by atoms with Gasteiger partial charge in [0, 0.05) is 33.2 Å². The lowest BCUT2D eigenvalue weighted by atomic mass is 10.2. The van der Waals surface area contributed by atoms with Gasteiger partial charge in [0.25, 0.3) is 0 Å². The standard InChI is InChI=1S/C23H36N6O.HI/c1-5-24-23(26-13-20-16-29(11-12-30-20)15-18(2)3)28(4)17-22-25-14-21(27-22)19-9-7-6-8-10-19;/h6-10,14,18,20H,5,11-13,15-17H2,1-4H3,(H,24,26)(H,25,27);1H. The second-order valence-electron chi connectivity index (χ2n) is 8.31. The van der Waals surface area contributed by atoms with Gasteiger partial charge in [-0.25, -0.2) is 4.98 Å². The van der Waals surface area contributed by atoms with Crippen LogP contribution in [0.25, 0.3) is 11.3 Å². The fourth-order valence-electron chi connectivity index (χ4n) is 3.74. The SMILES string of the molecule is CCNC(=NCC1CN(CC(C)C)CCO1)N(C)Cc1ncc(-c2ccccc2)[nH]1.I. The van der Waals surface area contributed by atoms with Crippen molar-refractivity contribution in [3.8, 4) is 11.3 Å². The molecule has 0 saturated carbocycles. The van der Waals surface area contributed by atoms with Crippen molar-refractivity contribution in [2.24, 2.45) is 10.9 Å². The Balaban J connectivity index is 0.00000341. The van der Waals surface area contributed by atoms with E-state index in [1.807, 2.05) is 31.4 Å². The Labute approximate surface area is 203 Å². The maximum Gasteiger partial charge on any atom is 0.194 e. The van der Waals surface area contributed by atoms with Gasteiger partial charge in [-0.3, -0.25) is 9.89 Å². The van der Waals surface area contributed by atoms with Crippen LogP contribution >= 0.6 is 24.0 Å². The fraction of sp³-hybridized carbons (Fsp3) is 0.565. The predicted molar refractivity (Wildman–Crippen MR) is 138 cm³/mol. The van der Waals surface area contributed by atoms with Crippen LogP contribution in [0.3, 0.4) is 0 Å². The van der Waals surface area contributed by atoms with E-state index in [0.717, 1.165) is 55.8 Å². The highest BCUT2D eigenvalue weighted by Gasteiger charge is 2.21. The number of guanidine groups is 1. The number of halogens is 1. The Morgan fingerprint density at radius 1 is 1.35 bits per heavy atom. The monoisotopic (exact) mass is 540 g/mol. The lowest BCUT2D eigenvalue weighted by molar-refractivity contribution is -0.0262. The average Bonchev–Trinajstić information content (AvgIpc) is 3.20. The number of hydrogen-bond donors (Lipinski definition) is 2. The topological polar surface area (TPSA) is 68.8 Å². The second-order valence-corrected chi connectivity index (χ2v) is 8.31. The molecule has 0 aliphatic carbocycles. The number of nitrogens with zero attached hydrogens (tertiary/aromatic N) is 4. The quantitative estimate of drug-likeness (QED) is 0.305. The molecular formula is C23H37IN6O. The fourth-order valence-corrected chi connectivity index (χ4v) is 3.74. The molecule has 1 atom stereocenters. The largest absolute Gasteiger partial charge is 0.374 e.